The summed E-state index contributed by atoms with van der Waals surface area (Å²) in [6.45, 7) is 3.87. The smallest absolute Gasteiger partial charge is 0.257 e. The summed E-state index contributed by atoms with van der Waals surface area (Å²) in [6.07, 6.45) is 0. The van der Waals surface area contributed by atoms with Gasteiger partial charge in [0.2, 0.25) is 0 Å². The quantitative estimate of drug-likeness (QED) is 0.569. The van der Waals surface area contributed by atoms with Crippen LogP contribution in [-0.2, 0) is 0 Å². The summed E-state index contributed by atoms with van der Waals surface area (Å²) in [6, 6.07) is 10.3. The summed E-state index contributed by atoms with van der Waals surface area (Å²) < 4.78 is 0. The van der Waals surface area contributed by atoms with Crippen LogP contribution in [0, 0.1) is 6.92 Å². The highest BCUT2D eigenvalue weighted by Crippen LogP contribution is 1.92. The van der Waals surface area contributed by atoms with Gasteiger partial charge in [-0.2, -0.15) is 0 Å². The minimum atomic E-state index is -0.0278. The Labute approximate surface area is 76.5 Å². The Morgan fingerprint density at radius 2 is 1.64 bits per heavy atom. The predicted molar refractivity (Wildman–Crippen MR) is 51.4 cm³/mol. The Bertz CT molecular complexity index is 169. The third kappa shape index (κ3) is 9.71. The van der Waals surface area contributed by atoms with E-state index in [1.807, 2.05) is 18.2 Å². The molecule has 0 fully saturated rings. The Hall–Kier alpha value is -0.288. The van der Waals surface area contributed by atoms with E-state index in [1.54, 1.807) is 6.92 Å². The molecule has 0 aliphatic carbocycles. The summed E-state index contributed by atoms with van der Waals surface area (Å²) in [5, 5.41) is 8.12. The maximum atomic E-state index is 8.12. The second-order valence-corrected chi connectivity index (χ2v) is 4.42. The van der Waals surface area contributed by atoms with Gasteiger partial charge < -0.3 is 5.11 Å². The number of rotatable bonds is 0. The van der Waals surface area contributed by atoms with E-state index in [0.717, 1.165) is 16.3 Å². The molecule has 0 saturated heterocycles. The summed E-state index contributed by atoms with van der Waals surface area (Å²) >= 11 is 0.904. The molecule has 0 aromatic heterocycles. The van der Waals surface area contributed by atoms with Crippen LogP contribution in [0.3, 0.4) is 0 Å². The molecule has 1 aromatic carbocycles. The van der Waals surface area contributed by atoms with Gasteiger partial charge >= 0.3 is 0 Å². The van der Waals surface area contributed by atoms with Crippen molar-refractivity contribution in [3.8, 4) is 0 Å². The Morgan fingerprint density at radius 3 is 1.82 bits per heavy atom. The maximum Gasteiger partial charge on any atom is 0.257 e. The molecule has 11 heavy (non-hydrogen) atoms. The molecule has 60 valence electrons. The van der Waals surface area contributed by atoms with Crippen molar-refractivity contribution in [2.75, 3.05) is 0 Å². The van der Waals surface area contributed by atoms with Crippen molar-refractivity contribution in [1.82, 2.24) is 0 Å². The van der Waals surface area contributed by atoms with Gasteiger partial charge in [-0.1, -0.05) is 42.8 Å². The fourth-order valence-corrected chi connectivity index (χ4v) is 0.534. The fraction of sp³-hybridized carbons (Fsp3) is 0.333. The average Bonchev–Trinajstić information content (AvgIpc) is 1.87. The molecule has 0 radical (unpaired) electrons. The van der Waals surface area contributed by atoms with Crippen LogP contribution in [0.1, 0.15) is 12.5 Å². The van der Waals surface area contributed by atoms with Crippen molar-refractivity contribution in [2.45, 2.75) is 18.8 Å². The van der Waals surface area contributed by atoms with Crippen molar-refractivity contribution in [3.63, 3.8) is 0 Å². The van der Waals surface area contributed by atoms with Gasteiger partial charge in [-0.05, 0) is 11.9 Å². The molecule has 1 nitrogen and oxygen atoms in total. The van der Waals surface area contributed by atoms with E-state index in [4.69, 9.17) is 5.11 Å². The molecule has 0 aliphatic rings. The number of benzene rings is 1. The summed E-state index contributed by atoms with van der Waals surface area (Å²) in [4.78, 5) is -0.0278. The second-order valence-electron chi connectivity index (χ2n) is 2.75. The summed E-state index contributed by atoms with van der Waals surface area (Å²) in [7, 11) is 0. The van der Waals surface area contributed by atoms with Gasteiger partial charge in [0.05, 0.1) is 0 Å². The van der Waals surface area contributed by atoms with Gasteiger partial charge in [0.25, 0.3) is 16.3 Å². The number of aliphatic hydroxyl groups is 1. The van der Waals surface area contributed by atoms with Crippen LogP contribution in [0.2, 0.25) is 0 Å². The number of aryl methyl sites for hydroxylation is 1. The normalized spacial score (nSPS) is 11.2. The lowest BCUT2D eigenvalue weighted by atomic mass is 10.2. The zero-order valence-corrected chi connectivity index (χ0v) is 9.41. The molecule has 0 amide bonds. The largest absolute Gasteiger partial charge is 0.409 e. The molecule has 0 aliphatic heterocycles. The number of hydrogen-bond donors (Lipinski definition) is 1. The van der Waals surface area contributed by atoms with Gasteiger partial charge in [-0.3, -0.25) is 0 Å². The van der Waals surface area contributed by atoms with Gasteiger partial charge in [0, 0.05) is 0 Å². The summed E-state index contributed by atoms with van der Waals surface area (Å²) in [5.41, 5.74) is 1.32. The van der Waals surface area contributed by atoms with Crippen LogP contribution < -0.4 is 0 Å². The Balaban J connectivity index is 0.000000218. The lowest BCUT2D eigenvalue weighted by Crippen LogP contribution is -1.94. The van der Waals surface area contributed by atoms with Crippen molar-refractivity contribution >= 4 is 16.3 Å². The van der Waals surface area contributed by atoms with E-state index in [-0.39, 0.29) is 4.97 Å². The minimum Gasteiger partial charge on any atom is -0.409 e. The van der Waals surface area contributed by atoms with Gasteiger partial charge in [-0.25, -0.2) is 0 Å². The first-order valence-corrected chi connectivity index (χ1v) is 4.98. The van der Waals surface area contributed by atoms with E-state index in [1.165, 1.54) is 5.56 Å². The minimum absolute atomic E-state index is 0.0278. The molecule has 0 spiro atoms. The van der Waals surface area contributed by atoms with Crippen molar-refractivity contribution in [3.05, 3.63) is 35.9 Å². The van der Waals surface area contributed by atoms with Gasteiger partial charge in [0.1, 0.15) is 0 Å². The highest BCUT2D eigenvalue weighted by atomic mass is 27.0. The highest BCUT2D eigenvalue weighted by Gasteiger charge is 1.72. The zero-order chi connectivity index (χ0) is 8.69. The molecule has 1 aromatic rings. The van der Waals surface area contributed by atoms with Crippen molar-refractivity contribution in [1.29, 1.82) is 0 Å². The third-order valence-electron chi connectivity index (χ3n) is 0.940. The average molecular weight is 166 g/mol. The Morgan fingerprint density at radius 1 is 1.27 bits per heavy atom. The molecule has 0 heterocycles. The highest BCUT2D eigenvalue weighted by molar-refractivity contribution is 6.10. The Kier molecular flexibility index (Phi) is 6.26. The first-order valence-electron chi connectivity index (χ1n) is 3.82. The lowest BCUT2D eigenvalue weighted by Gasteiger charge is -1.82. The first kappa shape index (κ1) is 10.7. The number of hydrogen-bond acceptors (Lipinski definition) is 1. The standard InChI is InChI=1S/C7H8.C2H5O.Al.2H/c1-7-5-3-2-4-6-7;1-2-3;;;/h2-6H,1H3;2-3H,1H3;;;. The molecule has 1 unspecified atom stereocenters. The zero-order valence-electron chi connectivity index (χ0n) is 7.41. The first-order chi connectivity index (χ1) is 5.13. The van der Waals surface area contributed by atoms with E-state index < -0.39 is 0 Å². The van der Waals surface area contributed by atoms with Crippen LogP contribution >= 0.6 is 0 Å². The van der Waals surface area contributed by atoms with Gasteiger partial charge in [-0.15, -0.1) is 0 Å². The molecular weight excluding hydrogens is 151 g/mol. The van der Waals surface area contributed by atoms with Gasteiger partial charge in [0.15, 0.2) is 0 Å². The maximum absolute atomic E-state index is 8.12. The van der Waals surface area contributed by atoms with Crippen LogP contribution in [0.25, 0.3) is 0 Å². The SMILES string of the molecule is C[CH](O)[AlH2].Cc1ccccc1. The second kappa shape index (κ2) is 6.42. The third-order valence-corrected chi connectivity index (χ3v) is 0.940. The summed E-state index contributed by atoms with van der Waals surface area (Å²) in [5.74, 6) is 0. The van der Waals surface area contributed by atoms with Crippen molar-refractivity contribution < 1.29 is 5.11 Å². The van der Waals surface area contributed by atoms with E-state index in [9.17, 15) is 0 Å². The van der Waals surface area contributed by atoms with Crippen LogP contribution in [-0.4, -0.2) is 26.4 Å². The molecule has 0 saturated carbocycles. The molecular formula is C9H15AlO. The lowest BCUT2D eigenvalue weighted by molar-refractivity contribution is 0.276. The molecule has 1 atom stereocenters. The predicted octanol–water partition coefficient (Wildman–Crippen LogP) is 0.953. The molecule has 2 heteroatoms. The van der Waals surface area contributed by atoms with Crippen LogP contribution in [0.5, 0.6) is 0 Å². The van der Waals surface area contributed by atoms with E-state index in [0.29, 0.717) is 0 Å². The van der Waals surface area contributed by atoms with Crippen molar-refractivity contribution in [2.24, 2.45) is 0 Å². The fourth-order valence-electron chi connectivity index (χ4n) is 0.534. The molecule has 1 rings (SSSR count). The van der Waals surface area contributed by atoms with Crippen LogP contribution in [0.4, 0.5) is 0 Å². The monoisotopic (exact) mass is 166 g/mol. The molecule has 0 bridgehead atoms. The van der Waals surface area contributed by atoms with Crippen LogP contribution in [0.15, 0.2) is 30.3 Å². The van der Waals surface area contributed by atoms with E-state index >= 15 is 0 Å². The number of aliphatic hydroxyl groups excluding tert-OH is 1. The van der Waals surface area contributed by atoms with E-state index in [2.05, 4.69) is 19.1 Å². The molecule has 1 N–H and O–H groups in total. The topological polar surface area (TPSA) is 20.2 Å².